The molecule has 1 aliphatic carbocycles. The van der Waals surface area contributed by atoms with Crippen molar-refractivity contribution in [3.63, 3.8) is 0 Å². The molecular formula is C16H20N2O5. The number of methoxy groups -OCH3 is 1. The summed E-state index contributed by atoms with van der Waals surface area (Å²) in [7, 11) is 1.46. The van der Waals surface area contributed by atoms with Crippen LogP contribution in [0.4, 0.5) is 0 Å². The van der Waals surface area contributed by atoms with E-state index in [9.17, 15) is 14.4 Å². The van der Waals surface area contributed by atoms with Crippen LogP contribution in [0.15, 0.2) is 24.3 Å². The van der Waals surface area contributed by atoms with Crippen LogP contribution in [-0.2, 0) is 9.53 Å². The number of carbonyl (C=O) groups excluding carboxylic acids is 2. The normalized spacial score (nSPS) is 14.8. The van der Waals surface area contributed by atoms with Crippen LogP contribution >= 0.6 is 0 Å². The van der Waals surface area contributed by atoms with E-state index >= 15 is 0 Å². The molecule has 1 unspecified atom stereocenters. The van der Waals surface area contributed by atoms with Gasteiger partial charge in [-0.25, -0.2) is 4.79 Å². The van der Waals surface area contributed by atoms with Crippen LogP contribution < -0.4 is 10.6 Å². The molecule has 0 aliphatic heterocycles. The molecule has 2 amide bonds. The van der Waals surface area contributed by atoms with Crippen LogP contribution in [0.5, 0.6) is 0 Å². The van der Waals surface area contributed by atoms with Crippen LogP contribution in [0.1, 0.15) is 40.0 Å². The molecule has 1 saturated carbocycles. The summed E-state index contributed by atoms with van der Waals surface area (Å²) in [5, 5.41) is 14.4. The lowest BCUT2D eigenvalue weighted by Gasteiger charge is -2.14. The van der Waals surface area contributed by atoms with E-state index in [4.69, 9.17) is 9.84 Å². The maximum absolute atomic E-state index is 12.1. The maximum Gasteiger partial charge on any atom is 0.326 e. The molecule has 1 atom stereocenters. The number of ether oxygens (including phenoxy) is 1. The van der Waals surface area contributed by atoms with E-state index < -0.39 is 17.9 Å². The minimum absolute atomic E-state index is 0.164. The largest absolute Gasteiger partial charge is 0.480 e. The van der Waals surface area contributed by atoms with Gasteiger partial charge in [0, 0.05) is 37.3 Å². The molecule has 0 radical (unpaired) electrons. The lowest BCUT2D eigenvalue weighted by molar-refractivity contribution is -0.139. The first-order valence-electron chi connectivity index (χ1n) is 7.45. The molecule has 1 fully saturated rings. The summed E-state index contributed by atoms with van der Waals surface area (Å²) in [5.74, 6) is -1.78. The monoisotopic (exact) mass is 320 g/mol. The van der Waals surface area contributed by atoms with Crippen molar-refractivity contribution in [2.75, 3.05) is 13.7 Å². The van der Waals surface area contributed by atoms with Crippen molar-refractivity contribution in [1.82, 2.24) is 10.6 Å². The molecule has 0 aromatic heterocycles. The third-order valence-electron chi connectivity index (χ3n) is 3.54. The third-order valence-corrected chi connectivity index (χ3v) is 3.54. The minimum atomic E-state index is -1.11. The quantitative estimate of drug-likeness (QED) is 0.657. The van der Waals surface area contributed by atoms with E-state index in [0.717, 1.165) is 12.8 Å². The molecule has 1 aliphatic rings. The highest BCUT2D eigenvalue weighted by Gasteiger charge is 2.24. The summed E-state index contributed by atoms with van der Waals surface area (Å²) >= 11 is 0. The number of nitrogens with one attached hydrogen (secondary N) is 2. The molecule has 0 spiro atoms. The minimum Gasteiger partial charge on any atom is -0.480 e. The second-order valence-electron chi connectivity index (χ2n) is 5.47. The van der Waals surface area contributed by atoms with E-state index in [1.807, 2.05) is 0 Å². The van der Waals surface area contributed by atoms with Gasteiger partial charge in [-0.1, -0.05) is 0 Å². The smallest absolute Gasteiger partial charge is 0.326 e. The average Bonchev–Trinajstić information content (AvgIpc) is 3.35. The summed E-state index contributed by atoms with van der Waals surface area (Å²) in [4.78, 5) is 35.0. The SMILES string of the molecule is COCCC(NC(=O)c1ccc(C(=O)NC2CC2)cc1)C(=O)O. The highest BCUT2D eigenvalue weighted by atomic mass is 16.5. The lowest BCUT2D eigenvalue weighted by Crippen LogP contribution is -2.41. The van der Waals surface area contributed by atoms with Crippen LogP contribution in [0, 0.1) is 0 Å². The fourth-order valence-corrected chi connectivity index (χ4v) is 2.00. The van der Waals surface area contributed by atoms with Crippen molar-refractivity contribution < 1.29 is 24.2 Å². The van der Waals surface area contributed by atoms with Gasteiger partial charge in [0.15, 0.2) is 0 Å². The first kappa shape index (κ1) is 17.0. The number of benzene rings is 1. The Balaban J connectivity index is 1.95. The Kier molecular flexibility index (Phi) is 5.70. The second kappa shape index (κ2) is 7.73. The van der Waals surface area contributed by atoms with Crippen molar-refractivity contribution in [3.05, 3.63) is 35.4 Å². The Morgan fingerprint density at radius 3 is 2.22 bits per heavy atom. The number of carbonyl (C=O) groups is 3. The standard InChI is InChI=1S/C16H20N2O5/c1-23-9-8-13(16(21)22)18-15(20)11-4-2-10(3-5-11)14(19)17-12-6-7-12/h2-5,12-13H,6-9H2,1H3,(H,17,19)(H,18,20)(H,21,22). The van der Waals surface area contributed by atoms with Crippen molar-refractivity contribution >= 4 is 17.8 Å². The Morgan fingerprint density at radius 1 is 1.17 bits per heavy atom. The van der Waals surface area contributed by atoms with Crippen LogP contribution in [0.2, 0.25) is 0 Å². The van der Waals surface area contributed by atoms with E-state index in [1.54, 1.807) is 12.1 Å². The lowest BCUT2D eigenvalue weighted by atomic mass is 10.1. The molecule has 2 rings (SSSR count). The summed E-state index contributed by atoms with van der Waals surface area (Å²) in [6.07, 6.45) is 2.19. The van der Waals surface area contributed by atoms with Gasteiger partial charge < -0.3 is 20.5 Å². The van der Waals surface area contributed by atoms with Gasteiger partial charge in [0.25, 0.3) is 11.8 Å². The molecule has 0 heterocycles. The number of rotatable bonds is 8. The van der Waals surface area contributed by atoms with Crippen molar-refractivity contribution in [2.24, 2.45) is 0 Å². The molecule has 124 valence electrons. The topological polar surface area (TPSA) is 105 Å². The predicted octanol–water partition coefficient (Wildman–Crippen LogP) is 0.798. The summed E-state index contributed by atoms with van der Waals surface area (Å²) in [6.45, 7) is 0.234. The number of aliphatic carboxylic acids is 1. The van der Waals surface area contributed by atoms with Gasteiger partial charge in [0.1, 0.15) is 6.04 Å². The van der Waals surface area contributed by atoms with Gasteiger partial charge in [-0.3, -0.25) is 9.59 Å². The van der Waals surface area contributed by atoms with Crippen LogP contribution in [0.25, 0.3) is 0 Å². The highest BCUT2D eigenvalue weighted by molar-refractivity contribution is 5.99. The Bertz CT molecular complexity index is 581. The van der Waals surface area contributed by atoms with Gasteiger partial charge >= 0.3 is 5.97 Å². The van der Waals surface area contributed by atoms with E-state index in [0.29, 0.717) is 11.1 Å². The summed E-state index contributed by atoms with van der Waals surface area (Å²) in [5.41, 5.74) is 0.777. The predicted molar refractivity (Wildman–Crippen MR) is 82.3 cm³/mol. The molecule has 3 N–H and O–H groups in total. The molecular weight excluding hydrogens is 300 g/mol. The Hall–Kier alpha value is -2.41. The first-order chi connectivity index (χ1) is 11.0. The molecule has 0 saturated heterocycles. The van der Waals surface area contributed by atoms with Crippen LogP contribution in [-0.4, -0.2) is 48.7 Å². The van der Waals surface area contributed by atoms with Gasteiger partial charge in [-0.2, -0.15) is 0 Å². The van der Waals surface area contributed by atoms with Gasteiger partial charge in [0.05, 0.1) is 0 Å². The second-order valence-corrected chi connectivity index (χ2v) is 5.47. The van der Waals surface area contributed by atoms with Crippen molar-refractivity contribution in [1.29, 1.82) is 0 Å². The van der Waals surface area contributed by atoms with E-state index in [-0.39, 0.29) is 25.0 Å². The van der Waals surface area contributed by atoms with Gasteiger partial charge in [-0.15, -0.1) is 0 Å². The molecule has 23 heavy (non-hydrogen) atoms. The third kappa shape index (κ3) is 5.07. The number of hydrogen-bond acceptors (Lipinski definition) is 4. The Morgan fingerprint density at radius 2 is 1.74 bits per heavy atom. The zero-order valence-corrected chi connectivity index (χ0v) is 12.9. The van der Waals surface area contributed by atoms with E-state index in [1.165, 1.54) is 19.2 Å². The van der Waals surface area contributed by atoms with Crippen molar-refractivity contribution in [2.45, 2.75) is 31.3 Å². The number of carboxylic acids is 1. The molecule has 0 bridgehead atoms. The zero-order valence-electron chi connectivity index (χ0n) is 12.9. The summed E-state index contributed by atoms with van der Waals surface area (Å²) in [6, 6.07) is 5.37. The molecule has 7 nitrogen and oxygen atoms in total. The van der Waals surface area contributed by atoms with Crippen LogP contribution in [0.3, 0.4) is 0 Å². The Labute approximate surface area is 134 Å². The molecule has 7 heteroatoms. The highest BCUT2D eigenvalue weighted by Crippen LogP contribution is 2.19. The van der Waals surface area contributed by atoms with E-state index in [2.05, 4.69) is 10.6 Å². The first-order valence-corrected chi connectivity index (χ1v) is 7.45. The number of carboxylic acid groups (broad SMARTS) is 1. The molecule has 1 aromatic rings. The number of hydrogen-bond donors (Lipinski definition) is 3. The average molecular weight is 320 g/mol. The summed E-state index contributed by atoms with van der Waals surface area (Å²) < 4.78 is 4.83. The zero-order chi connectivity index (χ0) is 16.8. The van der Waals surface area contributed by atoms with Crippen molar-refractivity contribution in [3.8, 4) is 0 Å². The molecule has 1 aromatic carbocycles. The fourth-order valence-electron chi connectivity index (χ4n) is 2.00. The fraction of sp³-hybridized carbons (Fsp3) is 0.438. The maximum atomic E-state index is 12.1. The van der Waals surface area contributed by atoms with Gasteiger partial charge in [0.2, 0.25) is 0 Å². The van der Waals surface area contributed by atoms with Gasteiger partial charge in [-0.05, 0) is 37.1 Å². The number of amides is 2.